The van der Waals surface area contributed by atoms with Crippen molar-refractivity contribution >= 4 is 29.5 Å². The predicted octanol–water partition coefficient (Wildman–Crippen LogP) is 12.7. The highest BCUT2D eigenvalue weighted by Crippen LogP contribution is 2.21. The van der Waals surface area contributed by atoms with Gasteiger partial charge < -0.3 is 20.3 Å². The van der Waals surface area contributed by atoms with Crippen LogP contribution in [0.15, 0.2) is 0 Å². The molecule has 0 saturated carbocycles. The third kappa shape index (κ3) is 32.7. The van der Waals surface area contributed by atoms with E-state index in [-0.39, 0.29) is 23.7 Å². The number of nitrogens with one attached hydrogen (secondary N) is 2. The molecule has 1 rings (SSSR count). The van der Waals surface area contributed by atoms with Crippen LogP contribution in [-0.2, 0) is 19.1 Å². The second-order valence-electron chi connectivity index (χ2n) is 17.0. The number of amides is 2. The van der Waals surface area contributed by atoms with E-state index < -0.39 is 6.04 Å². The first-order valence-corrected chi connectivity index (χ1v) is 25.7. The van der Waals surface area contributed by atoms with E-state index in [1.807, 2.05) is 0 Å². The fourth-order valence-electron chi connectivity index (χ4n) is 7.96. The monoisotopic (exact) mass is 808 g/mol. The molecule has 8 heteroatoms. The molecule has 56 heavy (non-hydrogen) atoms. The molecule has 2 unspecified atom stereocenters. The van der Waals surface area contributed by atoms with Crippen molar-refractivity contribution in [3.63, 3.8) is 0 Å². The standard InChI is InChI=1S/C48H93N3O4S/c1-4-7-10-13-15-16-17-18-19-20-21-22-23-24-26-32-41-55-46(52)36-43-56-42-35-45(48(54)49-37-40-51-38-30-27-31-39-51)50-47(53)44(33-28-12-9-6-3)34-29-25-14-11-8-5-2/h44-45H,4-43H2,1-3H3,(H,49,54)(H,50,53). The average molecular weight is 808 g/mol. The lowest BCUT2D eigenvalue weighted by atomic mass is 9.93. The molecule has 0 spiro atoms. The quantitative estimate of drug-likeness (QED) is 0.0472. The van der Waals surface area contributed by atoms with Crippen molar-refractivity contribution in [1.29, 1.82) is 0 Å². The van der Waals surface area contributed by atoms with Crippen LogP contribution in [0.2, 0.25) is 0 Å². The van der Waals surface area contributed by atoms with E-state index in [0.717, 1.165) is 70.3 Å². The van der Waals surface area contributed by atoms with Gasteiger partial charge in [-0.25, -0.2) is 0 Å². The lowest BCUT2D eigenvalue weighted by Crippen LogP contribution is -2.50. The molecule has 1 fully saturated rings. The predicted molar refractivity (Wildman–Crippen MR) is 243 cm³/mol. The maximum atomic E-state index is 13.7. The second-order valence-corrected chi connectivity index (χ2v) is 18.3. The van der Waals surface area contributed by atoms with E-state index in [0.29, 0.717) is 31.7 Å². The fraction of sp³-hybridized carbons (Fsp3) is 0.938. The number of nitrogens with zero attached hydrogens (tertiary/aromatic N) is 1. The molecule has 2 N–H and O–H groups in total. The number of hydrogen-bond acceptors (Lipinski definition) is 6. The van der Waals surface area contributed by atoms with Gasteiger partial charge in [0.2, 0.25) is 11.8 Å². The molecular weight excluding hydrogens is 715 g/mol. The number of esters is 1. The molecule has 0 aromatic rings. The van der Waals surface area contributed by atoms with Gasteiger partial charge in [-0.05, 0) is 57.4 Å². The zero-order chi connectivity index (χ0) is 40.6. The number of thioether (sulfide) groups is 1. The first-order chi connectivity index (χ1) is 27.5. The van der Waals surface area contributed by atoms with Gasteiger partial charge in [0.1, 0.15) is 6.04 Å². The minimum Gasteiger partial charge on any atom is -0.466 e. The van der Waals surface area contributed by atoms with Crippen LogP contribution in [0, 0.1) is 5.92 Å². The SMILES string of the molecule is CCCCCCCCCCCCCCCCCCOC(=O)CCSCCC(NC(=O)C(CCCCCC)CCCCCCCC)C(=O)NCCN1CCCCC1. The molecule has 1 saturated heterocycles. The fourth-order valence-corrected chi connectivity index (χ4v) is 8.88. The van der Waals surface area contributed by atoms with Gasteiger partial charge in [-0.1, -0.05) is 188 Å². The van der Waals surface area contributed by atoms with Crippen LogP contribution >= 0.6 is 11.8 Å². The summed E-state index contributed by atoms with van der Waals surface area (Å²) in [5.41, 5.74) is 0. The molecule has 330 valence electrons. The van der Waals surface area contributed by atoms with Crippen LogP contribution in [0.3, 0.4) is 0 Å². The Bertz CT molecular complexity index is 900. The molecule has 1 aliphatic heterocycles. The van der Waals surface area contributed by atoms with Crippen LogP contribution in [0.1, 0.15) is 233 Å². The van der Waals surface area contributed by atoms with Gasteiger partial charge in [0.25, 0.3) is 0 Å². The number of carbonyl (C=O) groups is 3. The van der Waals surface area contributed by atoms with Crippen LogP contribution in [0.25, 0.3) is 0 Å². The number of piperidine rings is 1. The first kappa shape index (κ1) is 52.7. The molecule has 7 nitrogen and oxygen atoms in total. The Labute approximate surface area is 351 Å². The zero-order valence-corrected chi connectivity index (χ0v) is 38.2. The van der Waals surface area contributed by atoms with Crippen LogP contribution in [0.5, 0.6) is 0 Å². The lowest BCUT2D eigenvalue weighted by Gasteiger charge is -2.27. The number of carbonyl (C=O) groups excluding carboxylic acids is 3. The topological polar surface area (TPSA) is 87.7 Å². The van der Waals surface area contributed by atoms with Crippen LogP contribution in [-0.4, -0.2) is 73.0 Å². The van der Waals surface area contributed by atoms with E-state index >= 15 is 0 Å². The Kier molecular flexibility index (Phi) is 38.1. The third-order valence-corrected chi connectivity index (χ3v) is 12.8. The van der Waals surface area contributed by atoms with Crippen molar-refractivity contribution in [2.75, 3.05) is 44.3 Å². The Morgan fingerprint density at radius 1 is 0.554 bits per heavy atom. The van der Waals surface area contributed by atoms with Crippen molar-refractivity contribution in [2.24, 2.45) is 5.92 Å². The lowest BCUT2D eigenvalue weighted by molar-refractivity contribution is -0.143. The highest BCUT2D eigenvalue weighted by molar-refractivity contribution is 7.99. The van der Waals surface area contributed by atoms with E-state index in [1.165, 1.54) is 154 Å². The zero-order valence-electron chi connectivity index (χ0n) is 37.4. The minimum atomic E-state index is -0.541. The number of ether oxygens (including phenoxy) is 1. The Morgan fingerprint density at radius 3 is 1.54 bits per heavy atom. The average Bonchev–Trinajstić information content (AvgIpc) is 3.20. The van der Waals surface area contributed by atoms with Gasteiger partial charge in [-0.2, -0.15) is 11.8 Å². The summed E-state index contributed by atoms with van der Waals surface area (Å²) >= 11 is 1.68. The smallest absolute Gasteiger partial charge is 0.306 e. The second kappa shape index (κ2) is 40.5. The van der Waals surface area contributed by atoms with Crippen molar-refractivity contribution in [1.82, 2.24) is 15.5 Å². The van der Waals surface area contributed by atoms with Crippen molar-refractivity contribution in [3.05, 3.63) is 0 Å². The summed E-state index contributed by atoms with van der Waals surface area (Å²) < 4.78 is 5.53. The van der Waals surface area contributed by atoms with Crippen LogP contribution in [0.4, 0.5) is 0 Å². The van der Waals surface area contributed by atoms with Gasteiger partial charge in [0.15, 0.2) is 0 Å². The van der Waals surface area contributed by atoms with Gasteiger partial charge in [0.05, 0.1) is 13.0 Å². The number of hydrogen-bond donors (Lipinski definition) is 2. The van der Waals surface area contributed by atoms with Crippen LogP contribution < -0.4 is 10.6 Å². The van der Waals surface area contributed by atoms with E-state index in [2.05, 4.69) is 36.3 Å². The summed E-state index contributed by atoms with van der Waals surface area (Å²) in [7, 11) is 0. The van der Waals surface area contributed by atoms with E-state index in [4.69, 9.17) is 4.74 Å². The molecule has 0 aromatic heterocycles. The molecule has 2 atom stereocenters. The molecule has 0 aliphatic carbocycles. The van der Waals surface area contributed by atoms with Crippen molar-refractivity contribution in [3.8, 4) is 0 Å². The largest absolute Gasteiger partial charge is 0.466 e. The Balaban J connectivity index is 2.35. The summed E-state index contributed by atoms with van der Waals surface area (Å²) in [5, 5.41) is 6.36. The van der Waals surface area contributed by atoms with Gasteiger partial charge in [-0.15, -0.1) is 0 Å². The summed E-state index contributed by atoms with van der Waals surface area (Å²) in [4.78, 5) is 42.0. The molecule has 1 heterocycles. The molecule has 0 radical (unpaired) electrons. The third-order valence-electron chi connectivity index (χ3n) is 11.8. The number of rotatable bonds is 41. The number of unbranched alkanes of at least 4 members (excludes halogenated alkanes) is 23. The summed E-state index contributed by atoms with van der Waals surface area (Å²) in [6, 6.07) is -0.541. The van der Waals surface area contributed by atoms with Gasteiger partial charge in [0, 0.05) is 24.8 Å². The summed E-state index contributed by atoms with van der Waals surface area (Å²) in [5.74, 6) is 1.22. The molecule has 2 amide bonds. The maximum Gasteiger partial charge on any atom is 0.306 e. The highest BCUT2D eigenvalue weighted by atomic mass is 32.2. The summed E-state index contributed by atoms with van der Waals surface area (Å²) in [6.45, 7) is 10.9. The minimum absolute atomic E-state index is 0.0292. The van der Waals surface area contributed by atoms with E-state index in [9.17, 15) is 14.4 Å². The maximum absolute atomic E-state index is 13.7. The highest BCUT2D eigenvalue weighted by Gasteiger charge is 2.25. The normalized spacial score (nSPS) is 14.4. The summed E-state index contributed by atoms with van der Waals surface area (Å²) in [6.07, 6.45) is 39.8. The van der Waals surface area contributed by atoms with E-state index in [1.54, 1.807) is 11.8 Å². The van der Waals surface area contributed by atoms with Crippen molar-refractivity contribution < 1.29 is 19.1 Å². The molecule has 0 bridgehead atoms. The molecule has 0 aromatic carbocycles. The number of likely N-dealkylation sites (tertiary alicyclic amines) is 1. The Morgan fingerprint density at radius 2 is 1.02 bits per heavy atom. The van der Waals surface area contributed by atoms with Gasteiger partial charge in [-0.3, -0.25) is 14.4 Å². The van der Waals surface area contributed by atoms with Gasteiger partial charge >= 0.3 is 5.97 Å². The molecular formula is C48H93N3O4S. The Hall–Kier alpha value is -1.28. The van der Waals surface area contributed by atoms with Crippen molar-refractivity contribution in [2.45, 2.75) is 239 Å². The first-order valence-electron chi connectivity index (χ1n) is 24.6. The molecule has 1 aliphatic rings.